The van der Waals surface area contributed by atoms with Gasteiger partial charge >= 0.3 is 0 Å². The van der Waals surface area contributed by atoms with Gasteiger partial charge in [0.1, 0.15) is 12.4 Å². The molecule has 4 heteroatoms. The van der Waals surface area contributed by atoms with Gasteiger partial charge in [-0.3, -0.25) is 0 Å². The summed E-state index contributed by atoms with van der Waals surface area (Å²) < 4.78 is 6.68. The second kappa shape index (κ2) is 6.42. The minimum absolute atomic E-state index is 0.371. The molecule has 2 rings (SSSR count). The summed E-state index contributed by atoms with van der Waals surface area (Å²) in [6.07, 6.45) is -0.559. The molecule has 0 spiro atoms. The summed E-state index contributed by atoms with van der Waals surface area (Å²) in [5, 5.41) is 10.3. The van der Waals surface area contributed by atoms with Crippen molar-refractivity contribution in [2.75, 3.05) is 0 Å². The van der Waals surface area contributed by atoms with Crippen molar-refractivity contribution < 1.29 is 9.84 Å². The van der Waals surface area contributed by atoms with Gasteiger partial charge in [-0.05, 0) is 25.1 Å². The van der Waals surface area contributed by atoms with Crippen molar-refractivity contribution in [2.24, 2.45) is 0 Å². The Labute approximate surface area is 126 Å². The first-order valence-corrected chi connectivity index (χ1v) is 7.08. The second-order valence-electron chi connectivity index (χ2n) is 4.24. The number of halogens is 2. The summed E-state index contributed by atoms with van der Waals surface area (Å²) in [7, 11) is 0. The van der Waals surface area contributed by atoms with E-state index in [-0.39, 0.29) is 0 Å². The number of benzene rings is 2. The van der Waals surface area contributed by atoms with Crippen LogP contribution in [0.5, 0.6) is 5.75 Å². The normalized spacial score (nSPS) is 12.2. The van der Waals surface area contributed by atoms with Gasteiger partial charge in [-0.2, -0.15) is 0 Å². The molecule has 0 saturated heterocycles. The lowest BCUT2D eigenvalue weighted by molar-refractivity contribution is 0.190. The molecule has 2 aromatic carbocycles. The van der Waals surface area contributed by atoms with Crippen molar-refractivity contribution >= 4 is 27.5 Å². The highest BCUT2D eigenvalue weighted by Gasteiger charge is 2.09. The maximum atomic E-state index is 9.68. The van der Waals surface area contributed by atoms with Crippen LogP contribution in [-0.2, 0) is 6.61 Å². The van der Waals surface area contributed by atoms with Crippen molar-refractivity contribution in [1.29, 1.82) is 0 Å². The number of ether oxygens (including phenoxy) is 1. The molecular weight excluding hydrogens is 328 g/mol. The summed E-state index contributed by atoms with van der Waals surface area (Å²) in [6, 6.07) is 13.1. The van der Waals surface area contributed by atoms with E-state index >= 15 is 0 Å². The largest absolute Gasteiger partial charge is 0.488 e. The smallest absolute Gasteiger partial charge is 0.125 e. The highest BCUT2D eigenvalue weighted by molar-refractivity contribution is 9.10. The Balaban J connectivity index is 2.14. The summed E-state index contributed by atoms with van der Waals surface area (Å²) in [5.41, 5.74) is 1.68. The Kier molecular flexibility index (Phi) is 4.86. The quantitative estimate of drug-likeness (QED) is 0.870. The molecule has 19 heavy (non-hydrogen) atoms. The van der Waals surface area contributed by atoms with Crippen molar-refractivity contribution in [1.82, 2.24) is 0 Å². The van der Waals surface area contributed by atoms with Gasteiger partial charge in [0, 0.05) is 20.6 Å². The summed E-state index contributed by atoms with van der Waals surface area (Å²) >= 11 is 9.50. The number of hydrogen-bond donors (Lipinski definition) is 1. The van der Waals surface area contributed by atoms with Crippen molar-refractivity contribution in [3.63, 3.8) is 0 Å². The van der Waals surface area contributed by atoms with Crippen molar-refractivity contribution in [3.05, 3.63) is 63.1 Å². The highest BCUT2D eigenvalue weighted by Crippen LogP contribution is 2.27. The molecule has 0 heterocycles. The zero-order valence-electron chi connectivity index (χ0n) is 10.4. The topological polar surface area (TPSA) is 29.5 Å². The maximum Gasteiger partial charge on any atom is 0.125 e. The van der Waals surface area contributed by atoms with Gasteiger partial charge in [-0.15, -0.1) is 0 Å². The number of hydrogen-bond acceptors (Lipinski definition) is 2. The fourth-order valence-corrected chi connectivity index (χ4v) is 2.48. The van der Waals surface area contributed by atoms with Crippen LogP contribution in [0.1, 0.15) is 24.2 Å². The predicted molar refractivity (Wildman–Crippen MR) is 80.6 cm³/mol. The SMILES string of the molecule is CC(O)c1ccccc1OCc1ccc(Br)cc1Cl. The molecule has 0 aliphatic carbocycles. The third-order valence-corrected chi connectivity index (χ3v) is 3.61. The summed E-state index contributed by atoms with van der Waals surface area (Å²) in [5.74, 6) is 0.677. The second-order valence-corrected chi connectivity index (χ2v) is 5.56. The van der Waals surface area contributed by atoms with Gasteiger partial charge in [0.05, 0.1) is 6.10 Å². The molecular formula is C15H14BrClO2. The molecule has 0 bridgehead atoms. The molecule has 1 N–H and O–H groups in total. The Morgan fingerprint density at radius 2 is 2.00 bits per heavy atom. The van der Waals surface area contributed by atoms with E-state index in [1.165, 1.54) is 0 Å². The fourth-order valence-electron chi connectivity index (χ4n) is 1.75. The molecule has 0 radical (unpaired) electrons. The van der Waals surface area contributed by atoms with E-state index in [9.17, 15) is 5.11 Å². The van der Waals surface area contributed by atoms with E-state index in [0.717, 1.165) is 15.6 Å². The van der Waals surface area contributed by atoms with Crippen LogP contribution in [0.2, 0.25) is 5.02 Å². The summed E-state index contributed by atoms with van der Waals surface area (Å²) in [6.45, 7) is 2.09. The van der Waals surface area contributed by atoms with Gasteiger partial charge in [0.25, 0.3) is 0 Å². The zero-order valence-corrected chi connectivity index (χ0v) is 12.8. The Hall–Kier alpha value is -1.03. The number of rotatable bonds is 4. The maximum absolute atomic E-state index is 9.68. The Bertz CT molecular complexity index is 570. The first-order valence-electron chi connectivity index (χ1n) is 5.91. The van der Waals surface area contributed by atoms with Crippen LogP contribution in [0.4, 0.5) is 0 Å². The fraction of sp³-hybridized carbons (Fsp3) is 0.200. The number of para-hydroxylation sites is 1. The van der Waals surface area contributed by atoms with Gasteiger partial charge in [-0.25, -0.2) is 0 Å². The average Bonchev–Trinajstić information content (AvgIpc) is 2.38. The van der Waals surface area contributed by atoms with Gasteiger partial charge in [-0.1, -0.05) is 51.8 Å². The minimum Gasteiger partial charge on any atom is -0.488 e. The van der Waals surface area contributed by atoms with E-state index in [1.807, 2.05) is 42.5 Å². The average molecular weight is 342 g/mol. The minimum atomic E-state index is -0.559. The predicted octanol–water partition coefficient (Wildman–Crippen LogP) is 4.73. The van der Waals surface area contributed by atoms with E-state index in [4.69, 9.17) is 16.3 Å². The van der Waals surface area contributed by atoms with Crippen LogP contribution in [0.25, 0.3) is 0 Å². The van der Waals surface area contributed by atoms with Gasteiger partial charge in [0.15, 0.2) is 0 Å². The molecule has 2 nitrogen and oxygen atoms in total. The lowest BCUT2D eigenvalue weighted by Crippen LogP contribution is -2.01. The van der Waals surface area contributed by atoms with Crippen molar-refractivity contribution in [2.45, 2.75) is 19.6 Å². The molecule has 0 aliphatic rings. The Morgan fingerprint density at radius 1 is 1.26 bits per heavy atom. The number of aliphatic hydroxyl groups excluding tert-OH is 1. The van der Waals surface area contributed by atoms with Crippen molar-refractivity contribution in [3.8, 4) is 5.75 Å². The monoisotopic (exact) mass is 340 g/mol. The Morgan fingerprint density at radius 3 is 2.68 bits per heavy atom. The molecule has 2 aromatic rings. The van der Waals surface area contributed by atoms with Crippen LogP contribution < -0.4 is 4.74 Å². The third kappa shape index (κ3) is 3.72. The van der Waals surface area contributed by atoms with E-state index in [1.54, 1.807) is 6.92 Å². The van der Waals surface area contributed by atoms with E-state index in [0.29, 0.717) is 17.4 Å². The molecule has 1 atom stereocenters. The van der Waals surface area contributed by atoms with Crippen LogP contribution in [0, 0.1) is 0 Å². The lowest BCUT2D eigenvalue weighted by atomic mass is 10.1. The van der Waals surface area contributed by atoms with E-state index in [2.05, 4.69) is 15.9 Å². The van der Waals surface area contributed by atoms with Crippen LogP contribution in [-0.4, -0.2) is 5.11 Å². The first kappa shape index (κ1) is 14.4. The molecule has 0 amide bonds. The molecule has 0 aliphatic heterocycles. The summed E-state index contributed by atoms with van der Waals surface area (Å²) in [4.78, 5) is 0. The molecule has 100 valence electrons. The van der Waals surface area contributed by atoms with Crippen LogP contribution >= 0.6 is 27.5 Å². The van der Waals surface area contributed by atoms with Crippen LogP contribution in [0.3, 0.4) is 0 Å². The first-order chi connectivity index (χ1) is 9.08. The van der Waals surface area contributed by atoms with Gasteiger partial charge < -0.3 is 9.84 Å². The van der Waals surface area contributed by atoms with Crippen LogP contribution in [0.15, 0.2) is 46.9 Å². The molecule has 0 aromatic heterocycles. The van der Waals surface area contributed by atoms with Gasteiger partial charge in [0.2, 0.25) is 0 Å². The molecule has 0 fully saturated rings. The zero-order chi connectivity index (χ0) is 13.8. The highest BCUT2D eigenvalue weighted by atomic mass is 79.9. The number of aliphatic hydroxyl groups is 1. The third-order valence-electron chi connectivity index (χ3n) is 2.77. The molecule has 1 unspecified atom stereocenters. The lowest BCUT2D eigenvalue weighted by Gasteiger charge is -2.13. The van der Waals surface area contributed by atoms with E-state index < -0.39 is 6.10 Å². The molecule has 0 saturated carbocycles. The standard InChI is InChI=1S/C15H14BrClO2/c1-10(18)13-4-2-3-5-15(13)19-9-11-6-7-12(16)8-14(11)17/h2-8,10,18H,9H2,1H3.